The minimum atomic E-state index is 0.741. The van der Waals surface area contributed by atoms with Gasteiger partial charge in [-0.15, -0.1) is 11.3 Å². The number of halogens is 1. The molecule has 19 heavy (non-hydrogen) atoms. The van der Waals surface area contributed by atoms with Crippen LogP contribution in [0.2, 0.25) is 4.34 Å². The maximum atomic E-state index is 5.95. The highest BCUT2D eigenvalue weighted by molar-refractivity contribution is 7.16. The van der Waals surface area contributed by atoms with Gasteiger partial charge in [0.2, 0.25) is 0 Å². The molecule has 1 rings (SSSR count). The Morgan fingerprint density at radius 2 is 2.05 bits per heavy atom. The average Bonchev–Trinajstić information content (AvgIpc) is 2.73. The lowest BCUT2D eigenvalue weighted by molar-refractivity contribution is 0.279. The van der Waals surface area contributed by atoms with Crippen molar-refractivity contribution in [1.82, 2.24) is 4.90 Å². The first-order valence-electron chi connectivity index (χ1n) is 7.15. The Morgan fingerprint density at radius 1 is 1.32 bits per heavy atom. The molecule has 0 aromatic carbocycles. The van der Waals surface area contributed by atoms with E-state index in [9.17, 15) is 0 Å². The maximum absolute atomic E-state index is 5.95. The van der Waals surface area contributed by atoms with Crippen molar-refractivity contribution in [2.24, 2.45) is 17.6 Å². The zero-order valence-electron chi connectivity index (χ0n) is 12.4. The molecule has 0 aliphatic rings. The van der Waals surface area contributed by atoms with Crippen LogP contribution < -0.4 is 5.73 Å². The van der Waals surface area contributed by atoms with Gasteiger partial charge in [-0.1, -0.05) is 25.4 Å². The van der Waals surface area contributed by atoms with Gasteiger partial charge >= 0.3 is 0 Å². The lowest BCUT2D eigenvalue weighted by Gasteiger charge is -2.22. The van der Waals surface area contributed by atoms with E-state index in [0.29, 0.717) is 0 Å². The number of thiophene rings is 1. The van der Waals surface area contributed by atoms with Crippen LogP contribution in [0.5, 0.6) is 0 Å². The van der Waals surface area contributed by atoms with E-state index in [0.717, 1.165) is 42.2 Å². The largest absolute Gasteiger partial charge is 0.330 e. The van der Waals surface area contributed by atoms with Gasteiger partial charge in [-0.2, -0.15) is 0 Å². The van der Waals surface area contributed by atoms with Gasteiger partial charge in [-0.3, -0.25) is 0 Å². The molecule has 1 heterocycles. The number of hydrogen-bond acceptors (Lipinski definition) is 3. The van der Waals surface area contributed by atoms with Gasteiger partial charge in [0.15, 0.2) is 0 Å². The molecule has 1 aromatic heterocycles. The van der Waals surface area contributed by atoms with E-state index in [1.165, 1.54) is 17.7 Å². The van der Waals surface area contributed by atoms with E-state index in [2.05, 4.69) is 31.9 Å². The van der Waals surface area contributed by atoms with Gasteiger partial charge < -0.3 is 10.6 Å². The molecule has 0 saturated heterocycles. The van der Waals surface area contributed by atoms with Crippen molar-refractivity contribution >= 4 is 22.9 Å². The quantitative estimate of drug-likeness (QED) is 0.739. The van der Waals surface area contributed by atoms with Crippen LogP contribution in [0, 0.1) is 11.8 Å². The molecule has 0 saturated carbocycles. The monoisotopic (exact) mass is 302 g/mol. The predicted molar refractivity (Wildman–Crippen MR) is 86.9 cm³/mol. The third-order valence-corrected chi connectivity index (χ3v) is 4.87. The summed E-state index contributed by atoms with van der Waals surface area (Å²) in [6.07, 6.45) is 3.69. The molecule has 0 amide bonds. The number of hydrogen-bond donors (Lipinski definition) is 1. The Hall–Kier alpha value is -0.0900. The summed E-state index contributed by atoms with van der Waals surface area (Å²) in [4.78, 5) is 3.72. The van der Waals surface area contributed by atoms with E-state index in [4.69, 9.17) is 17.3 Å². The van der Waals surface area contributed by atoms with Crippen LogP contribution >= 0.6 is 22.9 Å². The molecule has 0 spiro atoms. The molecule has 110 valence electrons. The molecule has 0 aliphatic heterocycles. The van der Waals surface area contributed by atoms with Crippen molar-refractivity contribution in [2.75, 3.05) is 20.1 Å². The highest BCUT2D eigenvalue weighted by Crippen LogP contribution is 2.23. The summed E-state index contributed by atoms with van der Waals surface area (Å²) < 4.78 is 0.881. The molecule has 0 fully saturated rings. The van der Waals surface area contributed by atoms with Gasteiger partial charge in [-0.25, -0.2) is 0 Å². The molecule has 4 heteroatoms. The van der Waals surface area contributed by atoms with Gasteiger partial charge in [0.25, 0.3) is 0 Å². The summed E-state index contributed by atoms with van der Waals surface area (Å²) in [5.41, 5.74) is 5.68. The number of nitrogens with two attached hydrogens (primary N) is 1. The topological polar surface area (TPSA) is 29.3 Å². The van der Waals surface area contributed by atoms with Crippen LogP contribution in [0.15, 0.2) is 12.1 Å². The molecule has 2 N–H and O–H groups in total. The van der Waals surface area contributed by atoms with E-state index >= 15 is 0 Å². The third-order valence-electron chi connectivity index (χ3n) is 3.65. The minimum absolute atomic E-state index is 0.741. The Kier molecular flexibility index (Phi) is 8.00. The highest BCUT2D eigenvalue weighted by Gasteiger charge is 2.12. The van der Waals surface area contributed by atoms with Crippen LogP contribution in [0.1, 0.15) is 38.0 Å². The zero-order valence-corrected chi connectivity index (χ0v) is 13.9. The molecular formula is C15H27ClN2S. The fourth-order valence-electron chi connectivity index (χ4n) is 2.43. The van der Waals surface area contributed by atoms with E-state index in [1.54, 1.807) is 11.3 Å². The van der Waals surface area contributed by atoms with Crippen LogP contribution in [0.25, 0.3) is 0 Å². The van der Waals surface area contributed by atoms with Crippen molar-refractivity contribution in [1.29, 1.82) is 0 Å². The zero-order chi connectivity index (χ0) is 14.3. The van der Waals surface area contributed by atoms with E-state index in [1.807, 2.05) is 6.07 Å². The Labute approximate surface area is 126 Å². The van der Waals surface area contributed by atoms with Gasteiger partial charge in [-0.05, 0) is 63.4 Å². The van der Waals surface area contributed by atoms with Gasteiger partial charge in [0.05, 0.1) is 4.34 Å². The van der Waals surface area contributed by atoms with Crippen molar-refractivity contribution in [3.63, 3.8) is 0 Å². The van der Waals surface area contributed by atoms with Gasteiger partial charge in [0.1, 0.15) is 0 Å². The lowest BCUT2D eigenvalue weighted by Crippen LogP contribution is -2.21. The number of nitrogens with zero attached hydrogens (tertiary/aromatic N) is 1. The first kappa shape index (κ1) is 17.0. The summed E-state index contributed by atoms with van der Waals surface area (Å²) in [5, 5.41) is 0. The molecule has 1 unspecified atom stereocenters. The second kappa shape index (κ2) is 8.96. The smallest absolute Gasteiger partial charge is 0.0931 e. The van der Waals surface area contributed by atoms with Crippen molar-refractivity contribution in [3.05, 3.63) is 21.3 Å². The predicted octanol–water partition coefficient (Wildman–Crippen LogP) is 4.23. The molecule has 0 bridgehead atoms. The highest BCUT2D eigenvalue weighted by atomic mass is 35.5. The van der Waals surface area contributed by atoms with Crippen molar-refractivity contribution < 1.29 is 0 Å². The molecule has 2 nitrogen and oxygen atoms in total. The summed E-state index contributed by atoms with van der Waals surface area (Å²) >= 11 is 7.62. The fourth-order valence-corrected chi connectivity index (χ4v) is 3.60. The summed E-state index contributed by atoms with van der Waals surface area (Å²) in [7, 11) is 2.18. The van der Waals surface area contributed by atoms with Crippen LogP contribution in [-0.2, 0) is 6.54 Å². The standard InChI is InChI=1S/C15H27ClN2S/c1-12(2)13(8-9-17)5-4-10-18(3)11-14-6-7-15(16)19-14/h6-7,12-13H,4-5,8-11,17H2,1-3H3. The summed E-state index contributed by atoms with van der Waals surface area (Å²) in [6, 6.07) is 4.10. The first-order valence-corrected chi connectivity index (χ1v) is 8.35. The molecule has 1 aromatic rings. The first-order chi connectivity index (χ1) is 9.02. The SMILES string of the molecule is CC(C)C(CCN)CCCN(C)Cc1ccc(Cl)s1. The third kappa shape index (κ3) is 6.75. The Morgan fingerprint density at radius 3 is 2.58 bits per heavy atom. The van der Waals surface area contributed by atoms with Crippen LogP contribution in [0.4, 0.5) is 0 Å². The van der Waals surface area contributed by atoms with E-state index < -0.39 is 0 Å². The average molecular weight is 303 g/mol. The maximum Gasteiger partial charge on any atom is 0.0931 e. The van der Waals surface area contributed by atoms with Crippen molar-refractivity contribution in [3.8, 4) is 0 Å². The second-order valence-corrected chi connectivity index (χ2v) is 7.47. The molecule has 0 radical (unpaired) electrons. The number of rotatable bonds is 9. The fraction of sp³-hybridized carbons (Fsp3) is 0.733. The van der Waals surface area contributed by atoms with E-state index in [-0.39, 0.29) is 0 Å². The summed E-state index contributed by atoms with van der Waals surface area (Å²) in [6.45, 7) is 7.56. The molecule has 1 atom stereocenters. The molecule has 0 aliphatic carbocycles. The summed E-state index contributed by atoms with van der Waals surface area (Å²) in [5.74, 6) is 1.51. The Balaban J connectivity index is 2.24. The minimum Gasteiger partial charge on any atom is -0.330 e. The molecular weight excluding hydrogens is 276 g/mol. The lowest BCUT2D eigenvalue weighted by atomic mass is 9.88. The van der Waals surface area contributed by atoms with Crippen LogP contribution in [-0.4, -0.2) is 25.0 Å². The van der Waals surface area contributed by atoms with Crippen LogP contribution in [0.3, 0.4) is 0 Å². The van der Waals surface area contributed by atoms with Crippen molar-refractivity contribution in [2.45, 2.75) is 39.7 Å². The normalized spacial score (nSPS) is 13.4. The Bertz CT molecular complexity index is 352. The second-order valence-electron chi connectivity index (χ2n) is 5.67. The van der Waals surface area contributed by atoms with Gasteiger partial charge in [0, 0.05) is 11.4 Å².